The van der Waals surface area contributed by atoms with Gasteiger partial charge in [-0.3, -0.25) is 0 Å². The first kappa shape index (κ1) is 17.0. The zero-order valence-electron chi connectivity index (χ0n) is 11.9. The standard InChI is InChI=1S/C17H17BrN2OS/c18-14-6-7-16(13(8-14)10-19)22-17(9-15(20)11-21)12-4-2-1-3-5-12/h1-8,15,17,21H,9,11,20H2/t15-,17+/m0/s1. The molecular formula is C17H17BrN2OS. The lowest BCUT2D eigenvalue weighted by molar-refractivity contribution is 0.259. The maximum Gasteiger partial charge on any atom is 0.100 e. The highest BCUT2D eigenvalue weighted by Gasteiger charge is 2.18. The van der Waals surface area contributed by atoms with Crippen molar-refractivity contribution in [2.75, 3.05) is 6.61 Å². The molecule has 0 spiro atoms. The molecule has 0 fully saturated rings. The molecule has 0 aliphatic rings. The van der Waals surface area contributed by atoms with Gasteiger partial charge in [0.05, 0.1) is 12.2 Å². The van der Waals surface area contributed by atoms with Gasteiger partial charge in [0.2, 0.25) is 0 Å². The molecule has 0 amide bonds. The molecule has 3 N–H and O–H groups in total. The van der Waals surface area contributed by atoms with E-state index in [9.17, 15) is 10.4 Å². The summed E-state index contributed by atoms with van der Waals surface area (Å²) in [5.74, 6) is 0. The van der Waals surface area contributed by atoms with E-state index < -0.39 is 0 Å². The summed E-state index contributed by atoms with van der Waals surface area (Å²) in [4.78, 5) is 0.921. The minimum absolute atomic E-state index is 0.0463. The number of aliphatic hydroxyl groups is 1. The first-order chi connectivity index (χ1) is 10.6. The highest BCUT2D eigenvalue weighted by molar-refractivity contribution is 9.10. The quantitative estimate of drug-likeness (QED) is 0.750. The highest BCUT2D eigenvalue weighted by atomic mass is 79.9. The molecule has 2 rings (SSSR count). The van der Waals surface area contributed by atoms with Crippen LogP contribution in [0, 0.1) is 11.3 Å². The van der Waals surface area contributed by atoms with Crippen molar-refractivity contribution in [1.29, 1.82) is 5.26 Å². The summed E-state index contributed by atoms with van der Waals surface area (Å²) in [6, 6.07) is 17.7. The van der Waals surface area contributed by atoms with E-state index in [0.29, 0.717) is 12.0 Å². The Morgan fingerprint density at radius 1 is 1.23 bits per heavy atom. The highest BCUT2D eigenvalue weighted by Crippen LogP contribution is 2.40. The average molecular weight is 377 g/mol. The molecule has 0 heterocycles. The lowest BCUT2D eigenvalue weighted by Gasteiger charge is -2.20. The fourth-order valence-electron chi connectivity index (χ4n) is 2.12. The van der Waals surface area contributed by atoms with Gasteiger partial charge in [-0.05, 0) is 30.2 Å². The monoisotopic (exact) mass is 376 g/mol. The van der Waals surface area contributed by atoms with Gasteiger partial charge in [-0.15, -0.1) is 11.8 Å². The normalized spacial score (nSPS) is 13.4. The van der Waals surface area contributed by atoms with E-state index in [4.69, 9.17) is 5.73 Å². The second kappa shape index (κ2) is 8.35. The number of benzene rings is 2. The minimum atomic E-state index is -0.279. The third-order valence-corrected chi connectivity index (χ3v) is 5.11. The molecule has 5 heteroatoms. The van der Waals surface area contributed by atoms with Gasteiger partial charge < -0.3 is 10.8 Å². The number of hydrogen-bond acceptors (Lipinski definition) is 4. The fourth-order valence-corrected chi connectivity index (χ4v) is 3.80. The van der Waals surface area contributed by atoms with E-state index in [1.807, 2.05) is 48.5 Å². The van der Waals surface area contributed by atoms with Crippen molar-refractivity contribution in [2.45, 2.75) is 22.6 Å². The fraction of sp³-hybridized carbons (Fsp3) is 0.235. The van der Waals surface area contributed by atoms with Crippen LogP contribution >= 0.6 is 27.7 Å². The van der Waals surface area contributed by atoms with Crippen LogP contribution in [0.25, 0.3) is 0 Å². The van der Waals surface area contributed by atoms with Crippen LogP contribution in [0.4, 0.5) is 0 Å². The second-order valence-corrected chi connectivity index (χ2v) is 7.11. The van der Waals surface area contributed by atoms with Crippen LogP contribution in [0.5, 0.6) is 0 Å². The Labute approximate surface area is 143 Å². The lowest BCUT2D eigenvalue weighted by Crippen LogP contribution is -2.26. The maximum absolute atomic E-state index is 9.31. The van der Waals surface area contributed by atoms with Crippen LogP contribution in [-0.2, 0) is 0 Å². The number of nitriles is 1. The van der Waals surface area contributed by atoms with Crippen molar-refractivity contribution in [3.05, 3.63) is 64.1 Å². The summed E-state index contributed by atoms with van der Waals surface area (Å²) < 4.78 is 0.886. The van der Waals surface area contributed by atoms with Crippen LogP contribution in [0.2, 0.25) is 0 Å². The molecule has 2 atom stereocenters. The van der Waals surface area contributed by atoms with Gasteiger partial charge >= 0.3 is 0 Å². The van der Waals surface area contributed by atoms with Crippen molar-refractivity contribution in [1.82, 2.24) is 0 Å². The number of halogens is 1. The zero-order valence-corrected chi connectivity index (χ0v) is 14.3. The SMILES string of the molecule is N#Cc1cc(Br)ccc1S[C@H](C[C@H](N)CO)c1ccccc1. The Morgan fingerprint density at radius 3 is 2.59 bits per heavy atom. The first-order valence-electron chi connectivity index (χ1n) is 6.91. The Balaban J connectivity index is 2.29. The Kier molecular flexibility index (Phi) is 6.47. The largest absolute Gasteiger partial charge is 0.395 e. The summed E-state index contributed by atoms with van der Waals surface area (Å²) in [6.45, 7) is -0.0463. The van der Waals surface area contributed by atoms with Gasteiger partial charge in [-0.2, -0.15) is 5.26 Å². The van der Waals surface area contributed by atoms with Gasteiger partial charge in [-0.1, -0.05) is 46.3 Å². The molecule has 2 aromatic rings. The van der Waals surface area contributed by atoms with E-state index in [1.54, 1.807) is 11.8 Å². The van der Waals surface area contributed by atoms with Gasteiger partial charge in [0.15, 0.2) is 0 Å². The van der Waals surface area contributed by atoms with Gasteiger partial charge in [0.1, 0.15) is 6.07 Å². The van der Waals surface area contributed by atoms with Crippen LogP contribution in [0.1, 0.15) is 22.8 Å². The molecule has 0 aliphatic heterocycles. The maximum atomic E-state index is 9.31. The van der Waals surface area contributed by atoms with Gasteiger partial charge in [0.25, 0.3) is 0 Å². The number of hydrogen-bond donors (Lipinski definition) is 2. The van der Waals surface area contributed by atoms with E-state index in [0.717, 1.165) is 14.9 Å². The summed E-state index contributed by atoms with van der Waals surface area (Å²) in [5.41, 5.74) is 7.70. The predicted molar refractivity (Wildman–Crippen MR) is 93.6 cm³/mol. The molecule has 114 valence electrons. The average Bonchev–Trinajstić information content (AvgIpc) is 2.56. The van der Waals surface area contributed by atoms with Crippen LogP contribution in [0.3, 0.4) is 0 Å². The minimum Gasteiger partial charge on any atom is -0.395 e. The number of nitrogens with two attached hydrogens (primary N) is 1. The zero-order chi connectivity index (χ0) is 15.9. The van der Waals surface area contributed by atoms with E-state index >= 15 is 0 Å². The third kappa shape index (κ3) is 4.59. The van der Waals surface area contributed by atoms with Crippen LogP contribution in [-0.4, -0.2) is 17.8 Å². The molecule has 0 unspecified atom stereocenters. The summed E-state index contributed by atoms with van der Waals surface area (Å²) in [5, 5.41) is 18.6. The van der Waals surface area contributed by atoms with Crippen molar-refractivity contribution in [2.24, 2.45) is 5.73 Å². The van der Waals surface area contributed by atoms with E-state index in [1.165, 1.54) is 0 Å². The number of aliphatic hydroxyl groups excluding tert-OH is 1. The van der Waals surface area contributed by atoms with Gasteiger partial charge in [0, 0.05) is 20.7 Å². The lowest BCUT2D eigenvalue weighted by atomic mass is 10.1. The second-order valence-electron chi connectivity index (χ2n) is 4.95. The van der Waals surface area contributed by atoms with E-state index in [-0.39, 0.29) is 17.9 Å². The van der Waals surface area contributed by atoms with Gasteiger partial charge in [-0.25, -0.2) is 0 Å². The number of rotatable bonds is 6. The Morgan fingerprint density at radius 2 is 1.95 bits per heavy atom. The summed E-state index contributed by atoms with van der Waals surface area (Å²) >= 11 is 5.00. The first-order valence-corrected chi connectivity index (χ1v) is 8.59. The Hall–Kier alpha value is -1.32. The molecule has 0 bridgehead atoms. The summed E-state index contributed by atoms with van der Waals surface area (Å²) in [6.07, 6.45) is 0.645. The van der Waals surface area contributed by atoms with Crippen molar-refractivity contribution >= 4 is 27.7 Å². The summed E-state index contributed by atoms with van der Waals surface area (Å²) in [7, 11) is 0. The molecule has 0 saturated carbocycles. The van der Waals surface area contributed by atoms with Crippen molar-refractivity contribution in [3.63, 3.8) is 0 Å². The van der Waals surface area contributed by atoms with Crippen molar-refractivity contribution in [3.8, 4) is 6.07 Å². The molecule has 3 nitrogen and oxygen atoms in total. The van der Waals surface area contributed by atoms with Crippen LogP contribution in [0.15, 0.2) is 57.9 Å². The molecule has 22 heavy (non-hydrogen) atoms. The smallest absolute Gasteiger partial charge is 0.100 e. The molecule has 0 aromatic heterocycles. The molecule has 0 radical (unpaired) electrons. The van der Waals surface area contributed by atoms with Crippen LogP contribution < -0.4 is 5.73 Å². The predicted octanol–water partition coefficient (Wildman–Crippen LogP) is 3.86. The molecular weight excluding hydrogens is 360 g/mol. The molecule has 2 aromatic carbocycles. The third-order valence-electron chi connectivity index (χ3n) is 3.25. The molecule has 0 saturated heterocycles. The number of nitrogens with zero attached hydrogens (tertiary/aromatic N) is 1. The molecule has 0 aliphatic carbocycles. The topological polar surface area (TPSA) is 70.0 Å². The Bertz CT molecular complexity index is 657. The number of thioether (sulfide) groups is 1. The van der Waals surface area contributed by atoms with E-state index in [2.05, 4.69) is 22.0 Å². The van der Waals surface area contributed by atoms with Crippen molar-refractivity contribution < 1.29 is 5.11 Å².